The summed E-state index contributed by atoms with van der Waals surface area (Å²) in [6.07, 6.45) is 12.1. The molecule has 4 rings (SSSR count). The summed E-state index contributed by atoms with van der Waals surface area (Å²) < 4.78 is 0. The molecule has 0 aromatic rings. The van der Waals surface area contributed by atoms with Crippen LogP contribution in [0.1, 0.15) is 65.2 Å². The Bertz CT molecular complexity index is 261. The van der Waals surface area contributed by atoms with Crippen LogP contribution in [0.15, 0.2) is 0 Å². The fourth-order valence-electron chi connectivity index (χ4n) is 6.12. The summed E-state index contributed by atoms with van der Waals surface area (Å²) in [5, 5.41) is 3.63. The molecule has 4 aliphatic carbocycles. The second-order valence-corrected chi connectivity index (χ2v) is 7.75. The first-order valence-corrected chi connectivity index (χ1v) is 8.34. The molecular formula is C17H31N. The van der Waals surface area contributed by atoms with Gasteiger partial charge in [-0.15, -0.1) is 0 Å². The molecule has 104 valence electrons. The van der Waals surface area contributed by atoms with Crippen LogP contribution in [0.25, 0.3) is 0 Å². The van der Waals surface area contributed by atoms with Crippen LogP contribution < -0.4 is 5.32 Å². The fraction of sp³-hybridized carbons (Fsp3) is 1.00. The van der Waals surface area contributed by atoms with Crippen molar-refractivity contribution in [2.75, 3.05) is 7.05 Å². The molecule has 0 aliphatic heterocycles. The van der Waals surface area contributed by atoms with Crippen LogP contribution in [0.5, 0.6) is 0 Å². The first-order chi connectivity index (χ1) is 8.66. The highest BCUT2D eigenvalue weighted by molar-refractivity contribution is 5.04. The van der Waals surface area contributed by atoms with Gasteiger partial charge in [0, 0.05) is 6.04 Å². The minimum atomic E-state index is 0.720. The van der Waals surface area contributed by atoms with Crippen LogP contribution in [-0.4, -0.2) is 13.1 Å². The zero-order chi connectivity index (χ0) is 12.8. The molecule has 4 bridgehead atoms. The summed E-state index contributed by atoms with van der Waals surface area (Å²) in [4.78, 5) is 0. The Morgan fingerprint density at radius 2 is 1.56 bits per heavy atom. The maximum Gasteiger partial charge on any atom is 0.00948 e. The Labute approximate surface area is 113 Å². The summed E-state index contributed by atoms with van der Waals surface area (Å²) in [6, 6.07) is 0.756. The molecule has 1 nitrogen and oxygen atoms in total. The van der Waals surface area contributed by atoms with Crippen LogP contribution in [-0.2, 0) is 0 Å². The topological polar surface area (TPSA) is 12.0 Å². The van der Waals surface area contributed by atoms with Gasteiger partial charge in [-0.3, -0.25) is 0 Å². The van der Waals surface area contributed by atoms with E-state index in [0.717, 1.165) is 35.1 Å². The largest absolute Gasteiger partial charge is 0.317 e. The van der Waals surface area contributed by atoms with Crippen molar-refractivity contribution in [1.82, 2.24) is 5.32 Å². The van der Waals surface area contributed by atoms with Gasteiger partial charge in [0.2, 0.25) is 0 Å². The van der Waals surface area contributed by atoms with E-state index in [0.29, 0.717) is 0 Å². The van der Waals surface area contributed by atoms with Crippen molar-refractivity contribution in [2.45, 2.75) is 71.3 Å². The zero-order valence-corrected chi connectivity index (χ0v) is 12.5. The third-order valence-corrected chi connectivity index (χ3v) is 6.63. The smallest absolute Gasteiger partial charge is 0.00948 e. The van der Waals surface area contributed by atoms with Crippen molar-refractivity contribution < 1.29 is 0 Å². The molecule has 0 radical (unpaired) electrons. The molecule has 2 atom stereocenters. The number of rotatable bonds is 5. The average Bonchev–Trinajstić information content (AvgIpc) is 2.33. The van der Waals surface area contributed by atoms with E-state index in [1.165, 1.54) is 12.8 Å². The lowest BCUT2D eigenvalue weighted by Crippen LogP contribution is -2.53. The minimum absolute atomic E-state index is 0.720. The Balaban J connectivity index is 1.77. The van der Waals surface area contributed by atoms with Gasteiger partial charge in [-0.2, -0.15) is 0 Å². The molecule has 0 aromatic carbocycles. The molecule has 18 heavy (non-hydrogen) atoms. The minimum Gasteiger partial charge on any atom is -0.317 e. The van der Waals surface area contributed by atoms with Gasteiger partial charge in [-0.25, -0.2) is 0 Å². The molecule has 1 heteroatoms. The van der Waals surface area contributed by atoms with Gasteiger partial charge in [0.1, 0.15) is 0 Å². The predicted octanol–water partition coefficient (Wildman–Crippen LogP) is 4.23. The fourth-order valence-corrected chi connectivity index (χ4v) is 6.12. The van der Waals surface area contributed by atoms with Gasteiger partial charge >= 0.3 is 0 Å². The number of hydrogen-bond donors (Lipinski definition) is 1. The second kappa shape index (κ2) is 4.81. The Hall–Kier alpha value is -0.0400. The highest BCUT2D eigenvalue weighted by Crippen LogP contribution is 2.63. The van der Waals surface area contributed by atoms with Crippen molar-refractivity contribution in [3.63, 3.8) is 0 Å². The monoisotopic (exact) mass is 249 g/mol. The average molecular weight is 249 g/mol. The molecule has 0 heterocycles. The second-order valence-electron chi connectivity index (χ2n) is 7.75. The van der Waals surface area contributed by atoms with E-state index in [-0.39, 0.29) is 0 Å². The molecule has 0 spiro atoms. The Morgan fingerprint density at radius 1 is 1.06 bits per heavy atom. The van der Waals surface area contributed by atoms with Crippen molar-refractivity contribution in [3.8, 4) is 0 Å². The maximum atomic E-state index is 3.63. The molecule has 1 N–H and O–H groups in total. The predicted molar refractivity (Wildman–Crippen MR) is 77.5 cm³/mol. The van der Waals surface area contributed by atoms with Crippen molar-refractivity contribution in [2.24, 2.45) is 29.1 Å². The molecule has 4 saturated carbocycles. The molecule has 0 aromatic heterocycles. The van der Waals surface area contributed by atoms with E-state index in [2.05, 4.69) is 26.2 Å². The van der Waals surface area contributed by atoms with E-state index in [1.54, 1.807) is 38.5 Å². The molecule has 0 amide bonds. The number of hydrogen-bond acceptors (Lipinski definition) is 1. The highest BCUT2D eigenvalue weighted by Gasteiger charge is 2.53. The lowest BCUT2D eigenvalue weighted by atomic mass is 9.46. The van der Waals surface area contributed by atoms with E-state index < -0.39 is 0 Å². The lowest BCUT2D eigenvalue weighted by molar-refractivity contribution is -0.0910. The first kappa shape index (κ1) is 13.0. The Kier molecular flexibility index (Phi) is 3.47. The molecule has 4 fully saturated rings. The summed E-state index contributed by atoms with van der Waals surface area (Å²) >= 11 is 0. The zero-order valence-electron chi connectivity index (χ0n) is 12.5. The van der Waals surface area contributed by atoms with E-state index in [4.69, 9.17) is 0 Å². The molecule has 2 unspecified atom stereocenters. The van der Waals surface area contributed by atoms with Crippen molar-refractivity contribution in [1.29, 1.82) is 0 Å². The normalized spacial score (nSPS) is 45.2. The van der Waals surface area contributed by atoms with Gasteiger partial charge in [0.15, 0.2) is 0 Å². The quantitative estimate of drug-likeness (QED) is 0.769. The maximum absolute atomic E-state index is 3.63. The van der Waals surface area contributed by atoms with Crippen LogP contribution in [0, 0.1) is 29.1 Å². The molecule has 4 aliphatic rings. The molecule has 0 saturated heterocycles. The van der Waals surface area contributed by atoms with Gasteiger partial charge in [0.05, 0.1) is 0 Å². The third kappa shape index (κ3) is 2.03. The molecular weight excluding hydrogens is 218 g/mol. The van der Waals surface area contributed by atoms with Crippen LogP contribution in [0.4, 0.5) is 0 Å². The lowest BCUT2D eigenvalue weighted by Gasteiger charge is -2.60. The van der Waals surface area contributed by atoms with Crippen molar-refractivity contribution in [3.05, 3.63) is 0 Å². The van der Waals surface area contributed by atoms with Gasteiger partial charge in [-0.1, -0.05) is 20.3 Å². The number of nitrogens with one attached hydrogen (secondary N) is 1. The van der Waals surface area contributed by atoms with Gasteiger partial charge in [-0.05, 0) is 81.1 Å². The standard InChI is InChI=1S/C17H31N/c1-4-5-16(18-3)12(2)17-9-13-6-14(10-17)8-15(7-13)11-17/h12-16,18H,4-11H2,1-3H3. The summed E-state index contributed by atoms with van der Waals surface area (Å²) in [5.74, 6) is 4.17. The van der Waals surface area contributed by atoms with Crippen LogP contribution in [0.2, 0.25) is 0 Å². The van der Waals surface area contributed by atoms with E-state index in [1.807, 2.05) is 0 Å². The van der Waals surface area contributed by atoms with Crippen LogP contribution in [0.3, 0.4) is 0 Å². The van der Waals surface area contributed by atoms with Gasteiger partial charge in [0.25, 0.3) is 0 Å². The van der Waals surface area contributed by atoms with Gasteiger partial charge < -0.3 is 5.32 Å². The summed E-state index contributed by atoms with van der Waals surface area (Å²) in [7, 11) is 2.18. The summed E-state index contributed by atoms with van der Waals surface area (Å²) in [6.45, 7) is 4.89. The Morgan fingerprint density at radius 3 is 1.94 bits per heavy atom. The van der Waals surface area contributed by atoms with Crippen molar-refractivity contribution >= 4 is 0 Å². The third-order valence-electron chi connectivity index (χ3n) is 6.63. The SMILES string of the molecule is CCCC(NC)C(C)C12CC3CC(CC(C3)C1)C2. The van der Waals surface area contributed by atoms with E-state index in [9.17, 15) is 0 Å². The highest BCUT2D eigenvalue weighted by atomic mass is 14.9. The van der Waals surface area contributed by atoms with E-state index >= 15 is 0 Å². The summed E-state index contributed by atoms with van der Waals surface area (Å²) in [5.41, 5.74) is 0.720. The van der Waals surface area contributed by atoms with Crippen LogP contribution >= 0.6 is 0 Å². The first-order valence-electron chi connectivity index (χ1n) is 8.34.